The van der Waals surface area contributed by atoms with Crippen LogP contribution in [0.25, 0.3) is 0 Å². The summed E-state index contributed by atoms with van der Waals surface area (Å²) in [6.45, 7) is 8.16. The minimum absolute atomic E-state index is 0.706. The fraction of sp³-hybridized carbons (Fsp3) is 0.333. The third-order valence-electron chi connectivity index (χ3n) is 3.13. The van der Waals surface area contributed by atoms with Crippen LogP contribution >= 0.6 is 0 Å². The Balaban J connectivity index is 2.50. The number of allylic oxidation sites excluding steroid dienone is 4. The van der Waals surface area contributed by atoms with Crippen molar-refractivity contribution in [1.82, 2.24) is 5.32 Å². The van der Waals surface area contributed by atoms with Gasteiger partial charge in [0.05, 0.1) is 0 Å². The Bertz CT molecular complexity index is 460. The maximum absolute atomic E-state index is 10.0. The molecule has 20 heavy (non-hydrogen) atoms. The molecule has 0 saturated carbocycles. The van der Waals surface area contributed by atoms with Gasteiger partial charge in [-0.25, -0.2) is 0 Å². The third kappa shape index (κ3) is 5.89. The third-order valence-corrected chi connectivity index (χ3v) is 3.13. The molecule has 1 unspecified atom stereocenters. The average Bonchev–Trinajstić information content (AvgIpc) is 2.48. The van der Waals surface area contributed by atoms with Gasteiger partial charge in [-0.1, -0.05) is 68.0 Å². The van der Waals surface area contributed by atoms with Crippen molar-refractivity contribution >= 4 is 0 Å². The van der Waals surface area contributed by atoms with Crippen LogP contribution < -0.4 is 5.32 Å². The molecule has 1 aromatic carbocycles. The molecular weight excluding hydrogens is 246 g/mol. The number of hydrogen-bond acceptors (Lipinski definition) is 2. The lowest BCUT2D eigenvalue weighted by atomic mass is 10.1. The Morgan fingerprint density at radius 1 is 1.30 bits per heavy atom. The molecule has 2 nitrogen and oxygen atoms in total. The second kappa shape index (κ2) is 9.16. The van der Waals surface area contributed by atoms with Crippen molar-refractivity contribution in [2.45, 2.75) is 39.3 Å². The molecular formula is C18H25NO. The van der Waals surface area contributed by atoms with E-state index in [1.807, 2.05) is 43.3 Å². The number of hydrogen-bond donors (Lipinski definition) is 2. The second-order valence-electron chi connectivity index (χ2n) is 4.78. The van der Waals surface area contributed by atoms with E-state index in [2.05, 4.69) is 31.0 Å². The Morgan fingerprint density at radius 3 is 2.60 bits per heavy atom. The van der Waals surface area contributed by atoms with Gasteiger partial charge in [-0.05, 0) is 25.8 Å². The number of aliphatic hydroxyl groups is 1. The minimum Gasteiger partial charge on any atom is -0.369 e. The van der Waals surface area contributed by atoms with Crippen LogP contribution in [0.1, 0.15) is 44.9 Å². The smallest absolute Gasteiger partial charge is 0.150 e. The van der Waals surface area contributed by atoms with E-state index >= 15 is 0 Å². The van der Waals surface area contributed by atoms with Crippen molar-refractivity contribution in [3.8, 4) is 0 Å². The molecule has 0 aliphatic carbocycles. The standard InChI is InChI=1S/C18H25NO/c1-4-6-10-16(5-2)14-13-15(3)19-18(20)17-11-8-7-9-12-17/h5,7-9,11-14,18-20H,3-4,6,10H2,1-2H3/b14-13-,16-5-. The summed E-state index contributed by atoms with van der Waals surface area (Å²) in [6.07, 6.45) is 8.83. The molecule has 1 atom stereocenters. The van der Waals surface area contributed by atoms with Crippen molar-refractivity contribution in [1.29, 1.82) is 0 Å². The molecule has 0 amide bonds. The quantitative estimate of drug-likeness (QED) is 0.540. The van der Waals surface area contributed by atoms with Gasteiger partial charge in [0.25, 0.3) is 0 Å². The number of aliphatic hydroxyl groups excluding tert-OH is 1. The maximum atomic E-state index is 10.0. The zero-order chi connectivity index (χ0) is 14.8. The van der Waals surface area contributed by atoms with Crippen molar-refractivity contribution in [3.63, 3.8) is 0 Å². The van der Waals surface area contributed by atoms with Gasteiger partial charge in [-0.2, -0.15) is 0 Å². The average molecular weight is 271 g/mol. The minimum atomic E-state index is -0.724. The Morgan fingerprint density at radius 2 is 2.00 bits per heavy atom. The molecule has 0 fully saturated rings. The van der Waals surface area contributed by atoms with Crippen LogP contribution in [0.5, 0.6) is 0 Å². The highest BCUT2D eigenvalue weighted by molar-refractivity contribution is 5.26. The number of nitrogens with one attached hydrogen (secondary N) is 1. The molecule has 2 N–H and O–H groups in total. The molecule has 0 aliphatic rings. The Kier molecular flexibility index (Phi) is 7.44. The molecule has 0 heterocycles. The van der Waals surface area contributed by atoms with E-state index in [0.29, 0.717) is 5.70 Å². The lowest BCUT2D eigenvalue weighted by Gasteiger charge is -2.14. The summed E-state index contributed by atoms with van der Waals surface area (Å²) in [5.41, 5.74) is 2.83. The van der Waals surface area contributed by atoms with Crippen molar-refractivity contribution in [2.75, 3.05) is 0 Å². The van der Waals surface area contributed by atoms with E-state index in [-0.39, 0.29) is 0 Å². The van der Waals surface area contributed by atoms with Crippen molar-refractivity contribution in [2.24, 2.45) is 0 Å². The van der Waals surface area contributed by atoms with Crippen LogP contribution in [0, 0.1) is 0 Å². The zero-order valence-corrected chi connectivity index (χ0v) is 12.5. The predicted molar refractivity (Wildman–Crippen MR) is 86.1 cm³/mol. The highest BCUT2D eigenvalue weighted by atomic mass is 16.3. The summed E-state index contributed by atoms with van der Waals surface area (Å²) in [4.78, 5) is 0. The van der Waals surface area contributed by atoms with Gasteiger partial charge in [0, 0.05) is 11.3 Å². The molecule has 1 rings (SSSR count). The molecule has 0 aliphatic heterocycles. The summed E-state index contributed by atoms with van der Waals surface area (Å²) in [5.74, 6) is 0. The molecule has 2 heteroatoms. The van der Waals surface area contributed by atoms with Crippen LogP contribution in [-0.2, 0) is 0 Å². The first-order valence-electron chi connectivity index (χ1n) is 7.19. The number of benzene rings is 1. The number of rotatable bonds is 8. The molecule has 1 aromatic rings. The van der Waals surface area contributed by atoms with Gasteiger partial charge >= 0.3 is 0 Å². The molecule has 0 bridgehead atoms. The van der Waals surface area contributed by atoms with Crippen LogP contribution in [0.4, 0.5) is 0 Å². The van der Waals surface area contributed by atoms with Crippen LogP contribution in [0.3, 0.4) is 0 Å². The first-order valence-corrected chi connectivity index (χ1v) is 7.19. The van der Waals surface area contributed by atoms with Crippen LogP contribution in [0.2, 0.25) is 0 Å². The largest absolute Gasteiger partial charge is 0.369 e. The topological polar surface area (TPSA) is 32.3 Å². The van der Waals surface area contributed by atoms with Gasteiger partial charge in [-0.15, -0.1) is 0 Å². The normalized spacial score (nSPS) is 13.4. The van der Waals surface area contributed by atoms with E-state index in [1.54, 1.807) is 0 Å². The Labute approximate surface area is 122 Å². The summed E-state index contributed by atoms with van der Waals surface area (Å²) in [5, 5.41) is 13.0. The van der Waals surface area contributed by atoms with Gasteiger partial charge < -0.3 is 10.4 Å². The highest BCUT2D eigenvalue weighted by Crippen LogP contribution is 2.12. The maximum Gasteiger partial charge on any atom is 0.150 e. The predicted octanol–water partition coefficient (Wildman–Crippen LogP) is 4.47. The van der Waals surface area contributed by atoms with Gasteiger partial charge in [0.2, 0.25) is 0 Å². The molecule has 0 saturated heterocycles. The molecule has 108 valence electrons. The zero-order valence-electron chi connectivity index (χ0n) is 12.5. The summed E-state index contributed by atoms with van der Waals surface area (Å²) >= 11 is 0. The van der Waals surface area contributed by atoms with E-state index in [9.17, 15) is 5.11 Å². The van der Waals surface area contributed by atoms with Crippen molar-refractivity contribution in [3.05, 3.63) is 72.0 Å². The Hall–Kier alpha value is -1.80. The fourth-order valence-corrected chi connectivity index (χ4v) is 1.85. The number of unbranched alkanes of at least 4 members (excludes halogenated alkanes) is 1. The summed E-state index contributed by atoms with van der Waals surface area (Å²) < 4.78 is 0. The lowest BCUT2D eigenvalue weighted by Crippen LogP contribution is -2.18. The van der Waals surface area contributed by atoms with E-state index in [4.69, 9.17) is 0 Å². The van der Waals surface area contributed by atoms with E-state index < -0.39 is 6.23 Å². The second-order valence-corrected chi connectivity index (χ2v) is 4.78. The summed E-state index contributed by atoms with van der Waals surface area (Å²) in [6, 6.07) is 9.50. The van der Waals surface area contributed by atoms with Crippen molar-refractivity contribution < 1.29 is 5.11 Å². The van der Waals surface area contributed by atoms with Crippen LogP contribution in [-0.4, -0.2) is 5.11 Å². The summed E-state index contributed by atoms with van der Waals surface area (Å²) in [7, 11) is 0. The van der Waals surface area contributed by atoms with E-state index in [1.165, 1.54) is 18.4 Å². The molecule has 0 radical (unpaired) electrons. The van der Waals surface area contributed by atoms with Gasteiger partial charge in [0.1, 0.15) is 0 Å². The van der Waals surface area contributed by atoms with Gasteiger partial charge in [-0.3, -0.25) is 0 Å². The first-order chi connectivity index (χ1) is 9.67. The SMILES string of the molecule is C=C(/C=C\C(=C/C)CCCC)NC(O)c1ccccc1. The highest BCUT2D eigenvalue weighted by Gasteiger charge is 2.05. The molecule has 0 aromatic heterocycles. The van der Waals surface area contributed by atoms with E-state index in [0.717, 1.165) is 12.0 Å². The lowest BCUT2D eigenvalue weighted by molar-refractivity contribution is 0.153. The molecule has 0 spiro atoms. The monoisotopic (exact) mass is 271 g/mol. The van der Waals surface area contributed by atoms with Crippen LogP contribution in [0.15, 0.2) is 66.4 Å². The first kappa shape index (κ1) is 16.3. The fourth-order valence-electron chi connectivity index (χ4n) is 1.85. The van der Waals surface area contributed by atoms with Gasteiger partial charge in [0.15, 0.2) is 6.23 Å².